The number of nitrogens with one attached hydrogen (secondary N) is 1. The van der Waals surface area contributed by atoms with Crippen molar-refractivity contribution < 1.29 is 34.1 Å². The molecule has 0 saturated heterocycles. The predicted octanol–water partition coefficient (Wildman–Crippen LogP) is 1.88. The third-order valence-electron chi connectivity index (χ3n) is 5.07. The zero-order valence-corrected chi connectivity index (χ0v) is 17.5. The maximum atomic E-state index is 13.0. The number of carbonyl (C=O) groups is 3. The zero-order chi connectivity index (χ0) is 21.4. The van der Waals surface area contributed by atoms with Crippen LogP contribution in [0.5, 0.6) is 0 Å². The fraction of sp³-hybridized carbons (Fsp3) is 0.850. The van der Waals surface area contributed by atoms with Gasteiger partial charge in [0.1, 0.15) is 5.60 Å². The SMILES string of the molecule is COCC[C@H](CC1(C(=O)N[C@@H](CO)CC(=O)O)CCCC1)C(=O)OC(C)(C)C. The fourth-order valence-corrected chi connectivity index (χ4v) is 3.71. The van der Waals surface area contributed by atoms with E-state index in [1.807, 2.05) is 0 Å². The second-order valence-corrected chi connectivity index (χ2v) is 8.65. The first kappa shape index (κ1) is 24.4. The Morgan fingerprint density at radius 3 is 2.25 bits per heavy atom. The van der Waals surface area contributed by atoms with E-state index in [2.05, 4.69) is 5.32 Å². The first-order valence-electron chi connectivity index (χ1n) is 9.88. The van der Waals surface area contributed by atoms with Gasteiger partial charge < -0.3 is 25.0 Å². The van der Waals surface area contributed by atoms with E-state index >= 15 is 0 Å². The van der Waals surface area contributed by atoms with Crippen molar-refractivity contribution in [2.45, 2.75) is 77.4 Å². The maximum absolute atomic E-state index is 13.0. The van der Waals surface area contributed by atoms with Crippen LogP contribution < -0.4 is 5.32 Å². The van der Waals surface area contributed by atoms with Gasteiger partial charge in [0, 0.05) is 13.7 Å². The summed E-state index contributed by atoms with van der Waals surface area (Å²) < 4.78 is 10.7. The minimum Gasteiger partial charge on any atom is -0.481 e. The number of rotatable bonds is 11. The molecule has 1 fully saturated rings. The normalized spacial score (nSPS) is 18.3. The van der Waals surface area contributed by atoms with Crippen molar-refractivity contribution in [3.8, 4) is 0 Å². The molecule has 8 nitrogen and oxygen atoms in total. The Morgan fingerprint density at radius 2 is 1.79 bits per heavy atom. The fourth-order valence-electron chi connectivity index (χ4n) is 3.71. The number of amides is 1. The number of ether oxygens (including phenoxy) is 2. The van der Waals surface area contributed by atoms with Gasteiger partial charge in [0.25, 0.3) is 0 Å². The summed E-state index contributed by atoms with van der Waals surface area (Å²) in [5, 5.41) is 21.0. The molecule has 0 aromatic heterocycles. The van der Waals surface area contributed by atoms with Crippen molar-refractivity contribution in [3.05, 3.63) is 0 Å². The van der Waals surface area contributed by atoms with E-state index in [-0.39, 0.29) is 18.3 Å². The molecule has 1 amide bonds. The molecular formula is C20H35NO7. The Labute approximate surface area is 167 Å². The highest BCUT2D eigenvalue weighted by Gasteiger charge is 2.45. The first-order valence-corrected chi connectivity index (χ1v) is 9.88. The molecule has 0 bridgehead atoms. The molecule has 0 aliphatic heterocycles. The highest BCUT2D eigenvalue weighted by Crippen LogP contribution is 2.44. The maximum Gasteiger partial charge on any atom is 0.309 e. The van der Waals surface area contributed by atoms with Crippen LogP contribution in [0.15, 0.2) is 0 Å². The third-order valence-corrected chi connectivity index (χ3v) is 5.07. The molecular weight excluding hydrogens is 366 g/mol. The second-order valence-electron chi connectivity index (χ2n) is 8.65. The number of hydrogen-bond acceptors (Lipinski definition) is 6. The topological polar surface area (TPSA) is 122 Å². The van der Waals surface area contributed by atoms with Crippen molar-refractivity contribution in [1.29, 1.82) is 0 Å². The molecule has 8 heteroatoms. The Hall–Kier alpha value is -1.67. The molecule has 0 unspecified atom stereocenters. The van der Waals surface area contributed by atoms with Crippen LogP contribution in [0.1, 0.15) is 65.7 Å². The Morgan fingerprint density at radius 1 is 1.18 bits per heavy atom. The summed E-state index contributed by atoms with van der Waals surface area (Å²) in [4.78, 5) is 36.7. The Kier molecular flexibility index (Phi) is 9.36. The average molecular weight is 402 g/mol. The van der Waals surface area contributed by atoms with Crippen LogP contribution in [0.3, 0.4) is 0 Å². The number of carbonyl (C=O) groups excluding carboxylic acids is 2. The number of carboxylic acid groups (broad SMARTS) is 1. The van der Waals surface area contributed by atoms with Crippen LogP contribution in [0.2, 0.25) is 0 Å². The lowest BCUT2D eigenvalue weighted by atomic mass is 9.75. The smallest absolute Gasteiger partial charge is 0.309 e. The van der Waals surface area contributed by atoms with E-state index in [0.29, 0.717) is 32.3 Å². The summed E-state index contributed by atoms with van der Waals surface area (Å²) in [7, 11) is 1.56. The van der Waals surface area contributed by atoms with Gasteiger partial charge in [0.15, 0.2) is 0 Å². The summed E-state index contributed by atoms with van der Waals surface area (Å²) in [6.07, 6.45) is 3.38. The second kappa shape index (κ2) is 10.8. The van der Waals surface area contributed by atoms with Crippen LogP contribution >= 0.6 is 0 Å². The molecule has 0 spiro atoms. The molecule has 1 saturated carbocycles. The lowest BCUT2D eigenvalue weighted by Crippen LogP contribution is -2.48. The number of aliphatic carboxylic acids is 1. The van der Waals surface area contributed by atoms with E-state index in [1.54, 1.807) is 27.9 Å². The van der Waals surface area contributed by atoms with Crippen LogP contribution in [0, 0.1) is 11.3 Å². The molecule has 0 aromatic rings. The van der Waals surface area contributed by atoms with Gasteiger partial charge in [-0.3, -0.25) is 14.4 Å². The molecule has 0 radical (unpaired) electrons. The Balaban J connectivity index is 2.96. The van der Waals surface area contributed by atoms with Crippen molar-refractivity contribution >= 4 is 17.8 Å². The summed E-state index contributed by atoms with van der Waals surface area (Å²) in [6.45, 7) is 5.32. The summed E-state index contributed by atoms with van der Waals surface area (Å²) in [5.41, 5.74) is -1.39. The molecule has 2 atom stereocenters. The van der Waals surface area contributed by atoms with Crippen LogP contribution in [-0.4, -0.2) is 60.0 Å². The van der Waals surface area contributed by atoms with E-state index in [9.17, 15) is 19.5 Å². The Bertz CT molecular complexity index is 535. The minimum atomic E-state index is -1.09. The monoisotopic (exact) mass is 401 g/mol. The summed E-state index contributed by atoms with van der Waals surface area (Å²) in [5.74, 6) is -2.23. The van der Waals surface area contributed by atoms with Gasteiger partial charge in [-0.1, -0.05) is 12.8 Å². The highest BCUT2D eigenvalue weighted by molar-refractivity contribution is 5.85. The molecule has 162 valence electrons. The predicted molar refractivity (Wildman–Crippen MR) is 103 cm³/mol. The minimum absolute atomic E-state index is 0.295. The van der Waals surface area contributed by atoms with Gasteiger partial charge >= 0.3 is 11.9 Å². The molecule has 0 aromatic carbocycles. The molecule has 3 N–H and O–H groups in total. The lowest BCUT2D eigenvalue weighted by molar-refractivity contribution is -0.162. The van der Waals surface area contributed by atoms with Crippen LogP contribution in [0.25, 0.3) is 0 Å². The van der Waals surface area contributed by atoms with Crippen LogP contribution in [0.4, 0.5) is 0 Å². The van der Waals surface area contributed by atoms with E-state index in [0.717, 1.165) is 12.8 Å². The summed E-state index contributed by atoms with van der Waals surface area (Å²) >= 11 is 0. The van der Waals surface area contributed by atoms with Gasteiger partial charge in [0.2, 0.25) is 5.91 Å². The van der Waals surface area contributed by atoms with Crippen molar-refractivity contribution in [1.82, 2.24) is 5.32 Å². The number of aliphatic hydroxyl groups is 1. The average Bonchev–Trinajstić information content (AvgIpc) is 3.05. The van der Waals surface area contributed by atoms with Crippen molar-refractivity contribution in [3.63, 3.8) is 0 Å². The number of hydrogen-bond donors (Lipinski definition) is 3. The van der Waals surface area contributed by atoms with Crippen LogP contribution in [-0.2, 0) is 23.9 Å². The van der Waals surface area contributed by atoms with Gasteiger partial charge in [-0.15, -0.1) is 0 Å². The summed E-state index contributed by atoms with van der Waals surface area (Å²) in [6, 6.07) is -0.846. The van der Waals surface area contributed by atoms with Gasteiger partial charge in [-0.05, 0) is 46.5 Å². The van der Waals surface area contributed by atoms with Gasteiger partial charge in [-0.2, -0.15) is 0 Å². The van der Waals surface area contributed by atoms with E-state index in [1.165, 1.54) is 0 Å². The molecule has 1 rings (SSSR count). The molecule has 1 aliphatic rings. The third kappa shape index (κ3) is 7.75. The van der Waals surface area contributed by atoms with Gasteiger partial charge in [-0.25, -0.2) is 0 Å². The number of methoxy groups -OCH3 is 1. The number of carboxylic acids is 1. The zero-order valence-electron chi connectivity index (χ0n) is 17.5. The van der Waals surface area contributed by atoms with Gasteiger partial charge in [0.05, 0.1) is 30.4 Å². The molecule has 28 heavy (non-hydrogen) atoms. The van der Waals surface area contributed by atoms with E-state index < -0.39 is 35.6 Å². The highest BCUT2D eigenvalue weighted by atomic mass is 16.6. The standard InChI is InChI=1S/C20H35NO7/c1-19(2,3)28-17(25)14(7-10-27-4)12-20(8-5-6-9-20)18(26)21-15(13-22)11-16(23)24/h14-15,22H,5-13H2,1-4H3,(H,21,26)(H,23,24)/t14-,15-/m1/s1. The molecule has 0 heterocycles. The quantitative estimate of drug-likeness (QED) is 0.452. The van der Waals surface area contributed by atoms with E-state index in [4.69, 9.17) is 14.6 Å². The number of aliphatic hydroxyl groups excluding tert-OH is 1. The largest absolute Gasteiger partial charge is 0.481 e. The van der Waals surface area contributed by atoms with Crippen molar-refractivity contribution in [2.75, 3.05) is 20.3 Å². The molecule has 1 aliphatic carbocycles. The lowest BCUT2D eigenvalue weighted by Gasteiger charge is -2.33. The van der Waals surface area contributed by atoms with Crippen molar-refractivity contribution in [2.24, 2.45) is 11.3 Å². The first-order chi connectivity index (χ1) is 13.0. The number of esters is 1.